The van der Waals surface area contributed by atoms with E-state index in [4.69, 9.17) is 4.74 Å². The van der Waals surface area contributed by atoms with Gasteiger partial charge >= 0.3 is 0 Å². The fraction of sp³-hybridized carbons (Fsp3) is 0.538. The number of rotatable bonds is 6. The minimum Gasteiger partial charge on any atom is -0.493 e. The van der Waals surface area contributed by atoms with Gasteiger partial charge < -0.3 is 10.1 Å². The molecule has 0 saturated carbocycles. The van der Waals surface area contributed by atoms with Crippen molar-refractivity contribution in [2.75, 3.05) is 13.7 Å². The van der Waals surface area contributed by atoms with Crippen molar-refractivity contribution in [3.05, 3.63) is 29.8 Å². The van der Waals surface area contributed by atoms with Gasteiger partial charge in [-0.15, -0.1) is 0 Å². The SMILES string of the molecule is CCCCOc1ccccc1[C@H](C)NC. The molecule has 0 unspecified atom stereocenters. The summed E-state index contributed by atoms with van der Waals surface area (Å²) in [6.45, 7) is 5.12. The second-order valence-electron chi connectivity index (χ2n) is 3.75. The van der Waals surface area contributed by atoms with Crippen LogP contribution in [0.5, 0.6) is 5.75 Å². The minimum atomic E-state index is 0.336. The predicted octanol–water partition coefficient (Wildman–Crippen LogP) is 3.15. The van der Waals surface area contributed by atoms with Gasteiger partial charge in [0.25, 0.3) is 0 Å². The molecule has 1 rings (SSSR count). The van der Waals surface area contributed by atoms with E-state index in [0.29, 0.717) is 6.04 Å². The topological polar surface area (TPSA) is 21.3 Å². The van der Waals surface area contributed by atoms with Gasteiger partial charge in [0.2, 0.25) is 0 Å². The van der Waals surface area contributed by atoms with Crippen LogP contribution in [0.4, 0.5) is 0 Å². The zero-order valence-corrected chi connectivity index (χ0v) is 9.92. The summed E-state index contributed by atoms with van der Waals surface area (Å²) < 4.78 is 5.76. The highest BCUT2D eigenvalue weighted by molar-refractivity contribution is 5.35. The molecule has 0 aliphatic rings. The summed E-state index contributed by atoms with van der Waals surface area (Å²) in [6.07, 6.45) is 2.28. The molecule has 0 aliphatic carbocycles. The second-order valence-corrected chi connectivity index (χ2v) is 3.75. The van der Waals surface area contributed by atoms with E-state index < -0.39 is 0 Å². The second kappa shape index (κ2) is 6.46. The van der Waals surface area contributed by atoms with E-state index in [1.54, 1.807) is 0 Å². The number of unbranched alkanes of at least 4 members (excludes halogenated alkanes) is 1. The molecule has 1 aromatic carbocycles. The van der Waals surface area contributed by atoms with E-state index in [1.807, 2.05) is 19.2 Å². The largest absolute Gasteiger partial charge is 0.493 e. The lowest BCUT2D eigenvalue weighted by Crippen LogP contribution is -2.13. The number of hydrogen-bond acceptors (Lipinski definition) is 2. The molecule has 0 fully saturated rings. The van der Waals surface area contributed by atoms with Gasteiger partial charge in [0.1, 0.15) is 5.75 Å². The summed E-state index contributed by atoms with van der Waals surface area (Å²) >= 11 is 0. The van der Waals surface area contributed by atoms with E-state index in [1.165, 1.54) is 12.0 Å². The molecule has 15 heavy (non-hydrogen) atoms. The molecule has 2 nitrogen and oxygen atoms in total. The van der Waals surface area contributed by atoms with Crippen LogP contribution >= 0.6 is 0 Å². The van der Waals surface area contributed by atoms with Crippen molar-refractivity contribution in [1.82, 2.24) is 5.32 Å². The van der Waals surface area contributed by atoms with E-state index in [2.05, 4.69) is 31.3 Å². The zero-order valence-electron chi connectivity index (χ0n) is 9.92. The van der Waals surface area contributed by atoms with Crippen LogP contribution in [0.2, 0.25) is 0 Å². The Hall–Kier alpha value is -1.02. The molecule has 1 N–H and O–H groups in total. The van der Waals surface area contributed by atoms with Crippen molar-refractivity contribution in [2.24, 2.45) is 0 Å². The molecular formula is C13H21NO. The Kier molecular flexibility index (Phi) is 5.19. The van der Waals surface area contributed by atoms with E-state index >= 15 is 0 Å². The third-order valence-electron chi connectivity index (χ3n) is 2.57. The maximum atomic E-state index is 5.76. The third kappa shape index (κ3) is 3.56. The van der Waals surface area contributed by atoms with Crippen LogP contribution in [0.25, 0.3) is 0 Å². The molecule has 0 aromatic heterocycles. The number of para-hydroxylation sites is 1. The van der Waals surface area contributed by atoms with Crippen LogP contribution in [-0.4, -0.2) is 13.7 Å². The van der Waals surface area contributed by atoms with Crippen molar-refractivity contribution < 1.29 is 4.74 Å². The third-order valence-corrected chi connectivity index (χ3v) is 2.57. The lowest BCUT2D eigenvalue weighted by atomic mass is 10.1. The van der Waals surface area contributed by atoms with Crippen molar-refractivity contribution >= 4 is 0 Å². The number of benzene rings is 1. The molecule has 0 spiro atoms. The minimum absolute atomic E-state index is 0.336. The van der Waals surface area contributed by atoms with Crippen molar-refractivity contribution in [2.45, 2.75) is 32.7 Å². The highest BCUT2D eigenvalue weighted by Crippen LogP contribution is 2.24. The molecular weight excluding hydrogens is 186 g/mol. The summed E-state index contributed by atoms with van der Waals surface area (Å²) in [5.41, 5.74) is 1.23. The highest BCUT2D eigenvalue weighted by Gasteiger charge is 2.08. The summed E-state index contributed by atoms with van der Waals surface area (Å²) in [7, 11) is 1.97. The van der Waals surface area contributed by atoms with Crippen molar-refractivity contribution in [3.8, 4) is 5.75 Å². The Morgan fingerprint density at radius 1 is 1.33 bits per heavy atom. The van der Waals surface area contributed by atoms with Crippen LogP contribution < -0.4 is 10.1 Å². The fourth-order valence-corrected chi connectivity index (χ4v) is 1.45. The lowest BCUT2D eigenvalue weighted by Gasteiger charge is -2.16. The van der Waals surface area contributed by atoms with Gasteiger partial charge in [-0.3, -0.25) is 0 Å². The molecule has 0 heterocycles. The molecule has 1 aromatic rings. The zero-order chi connectivity index (χ0) is 11.1. The summed E-state index contributed by atoms with van der Waals surface area (Å²) in [4.78, 5) is 0. The van der Waals surface area contributed by atoms with Crippen LogP contribution in [0.1, 0.15) is 38.3 Å². The summed E-state index contributed by atoms with van der Waals surface area (Å²) in [5, 5.41) is 3.23. The molecule has 0 amide bonds. The van der Waals surface area contributed by atoms with Crippen molar-refractivity contribution in [3.63, 3.8) is 0 Å². The first kappa shape index (κ1) is 12.1. The Morgan fingerprint density at radius 3 is 2.73 bits per heavy atom. The smallest absolute Gasteiger partial charge is 0.124 e. The maximum Gasteiger partial charge on any atom is 0.124 e. The molecule has 1 atom stereocenters. The average Bonchev–Trinajstić information content (AvgIpc) is 2.29. The lowest BCUT2D eigenvalue weighted by molar-refractivity contribution is 0.304. The summed E-state index contributed by atoms with van der Waals surface area (Å²) in [6, 6.07) is 8.56. The van der Waals surface area contributed by atoms with E-state index in [0.717, 1.165) is 18.8 Å². The average molecular weight is 207 g/mol. The fourth-order valence-electron chi connectivity index (χ4n) is 1.45. The van der Waals surface area contributed by atoms with Gasteiger partial charge in [-0.05, 0) is 26.5 Å². The Morgan fingerprint density at radius 2 is 2.07 bits per heavy atom. The van der Waals surface area contributed by atoms with Gasteiger partial charge in [-0.2, -0.15) is 0 Å². The van der Waals surface area contributed by atoms with Gasteiger partial charge in [0, 0.05) is 11.6 Å². The first-order valence-corrected chi connectivity index (χ1v) is 5.68. The quantitative estimate of drug-likeness (QED) is 0.723. The van der Waals surface area contributed by atoms with Crippen LogP contribution in [0.15, 0.2) is 24.3 Å². The number of ether oxygens (including phenoxy) is 1. The van der Waals surface area contributed by atoms with E-state index in [9.17, 15) is 0 Å². The first-order chi connectivity index (χ1) is 7.29. The van der Waals surface area contributed by atoms with Gasteiger partial charge in [-0.1, -0.05) is 31.5 Å². The van der Waals surface area contributed by atoms with E-state index in [-0.39, 0.29) is 0 Å². The van der Waals surface area contributed by atoms with Gasteiger partial charge in [0.15, 0.2) is 0 Å². The van der Waals surface area contributed by atoms with Crippen molar-refractivity contribution in [1.29, 1.82) is 0 Å². The number of nitrogens with one attached hydrogen (secondary N) is 1. The first-order valence-electron chi connectivity index (χ1n) is 5.68. The molecule has 84 valence electrons. The molecule has 2 heteroatoms. The maximum absolute atomic E-state index is 5.76. The Bertz CT molecular complexity index is 286. The molecule has 0 bridgehead atoms. The predicted molar refractivity (Wildman–Crippen MR) is 64.3 cm³/mol. The van der Waals surface area contributed by atoms with Crippen LogP contribution in [0.3, 0.4) is 0 Å². The van der Waals surface area contributed by atoms with Gasteiger partial charge in [0.05, 0.1) is 6.61 Å². The molecule has 0 saturated heterocycles. The Labute approximate surface area is 92.6 Å². The molecule has 0 radical (unpaired) electrons. The Balaban J connectivity index is 2.68. The van der Waals surface area contributed by atoms with Crippen LogP contribution in [-0.2, 0) is 0 Å². The number of hydrogen-bond donors (Lipinski definition) is 1. The van der Waals surface area contributed by atoms with Gasteiger partial charge in [-0.25, -0.2) is 0 Å². The van der Waals surface area contributed by atoms with Crippen LogP contribution in [0, 0.1) is 0 Å². The monoisotopic (exact) mass is 207 g/mol. The standard InChI is InChI=1S/C13H21NO/c1-4-5-10-15-13-9-7-6-8-12(13)11(2)14-3/h6-9,11,14H,4-5,10H2,1-3H3/t11-/m0/s1. The normalized spacial score (nSPS) is 12.5. The highest BCUT2D eigenvalue weighted by atomic mass is 16.5. The molecule has 0 aliphatic heterocycles. The summed E-state index contributed by atoms with van der Waals surface area (Å²) in [5.74, 6) is 1.01.